The fraction of sp³-hybridized carbons (Fsp3) is 0.238. The molecule has 140 valence electrons. The minimum atomic E-state index is 0.523. The van der Waals surface area contributed by atoms with Crippen LogP contribution in [-0.4, -0.2) is 24.2 Å². The van der Waals surface area contributed by atoms with E-state index in [1.54, 1.807) is 14.2 Å². The molecule has 0 saturated carbocycles. The predicted molar refractivity (Wildman–Crippen MR) is 108 cm³/mol. The molecule has 0 atom stereocenters. The molecule has 0 aliphatic rings. The molecule has 0 aliphatic heterocycles. The second-order valence-corrected chi connectivity index (χ2v) is 6.19. The topological polar surface area (TPSA) is 68.3 Å². The third kappa shape index (κ3) is 4.67. The van der Waals surface area contributed by atoms with Crippen molar-refractivity contribution in [2.75, 3.05) is 24.9 Å². The van der Waals surface area contributed by atoms with E-state index in [-0.39, 0.29) is 0 Å². The maximum atomic E-state index is 5.34. The second kappa shape index (κ2) is 8.40. The van der Waals surface area contributed by atoms with Crippen molar-refractivity contribution in [1.29, 1.82) is 0 Å². The number of nitrogens with one attached hydrogen (secondary N) is 2. The molecule has 0 amide bonds. The van der Waals surface area contributed by atoms with Crippen molar-refractivity contribution < 1.29 is 9.47 Å². The first-order valence-electron chi connectivity index (χ1n) is 8.72. The van der Waals surface area contributed by atoms with Crippen molar-refractivity contribution in [1.82, 2.24) is 9.97 Å². The highest BCUT2D eigenvalue weighted by Gasteiger charge is 2.07. The largest absolute Gasteiger partial charge is 0.493 e. The van der Waals surface area contributed by atoms with Crippen LogP contribution in [0.25, 0.3) is 0 Å². The van der Waals surface area contributed by atoms with Crippen molar-refractivity contribution in [3.05, 3.63) is 65.4 Å². The molecule has 0 radical (unpaired) electrons. The van der Waals surface area contributed by atoms with Gasteiger partial charge >= 0.3 is 0 Å². The number of anilines is 3. The average Bonchev–Trinajstić information content (AvgIpc) is 2.67. The molecule has 2 aromatic carbocycles. The molecule has 1 heterocycles. The zero-order valence-corrected chi connectivity index (χ0v) is 16.0. The van der Waals surface area contributed by atoms with Gasteiger partial charge in [-0.1, -0.05) is 24.3 Å². The van der Waals surface area contributed by atoms with E-state index in [2.05, 4.69) is 39.7 Å². The van der Waals surface area contributed by atoms with Crippen molar-refractivity contribution in [2.45, 2.75) is 20.4 Å². The lowest BCUT2D eigenvalue weighted by atomic mass is 10.1. The second-order valence-electron chi connectivity index (χ2n) is 6.19. The standard InChI is InChI=1S/C21H24N4O2/c1-14-7-5-6-8-16(14)13-22-20-11-15(2)23-21(25-20)24-17-9-10-18(26-3)19(12-17)27-4/h5-12H,13H2,1-4H3,(H2,22,23,24,25). The summed E-state index contributed by atoms with van der Waals surface area (Å²) >= 11 is 0. The summed E-state index contributed by atoms with van der Waals surface area (Å²) in [5.41, 5.74) is 4.19. The van der Waals surface area contributed by atoms with Crippen molar-refractivity contribution in [2.24, 2.45) is 0 Å². The van der Waals surface area contributed by atoms with Crippen molar-refractivity contribution in [3.63, 3.8) is 0 Å². The number of benzene rings is 2. The van der Waals surface area contributed by atoms with Crippen molar-refractivity contribution in [3.8, 4) is 11.5 Å². The SMILES string of the molecule is COc1ccc(Nc2nc(C)cc(NCc3ccccc3C)n2)cc1OC. The fourth-order valence-corrected chi connectivity index (χ4v) is 2.75. The van der Waals surface area contributed by atoms with Gasteiger partial charge in [0.2, 0.25) is 5.95 Å². The van der Waals surface area contributed by atoms with E-state index >= 15 is 0 Å². The minimum Gasteiger partial charge on any atom is -0.493 e. The highest BCUT2D eigenvalue weighted by Crippen LogP contribution is 2.30. The molecular formula is C21H24N4O2. The van der Waals surface area contributed by atoms with Crippen LogP contribution in [-0.2, 0) is 6.54 Å². The van der Waals surface area contributed by atoms with Gasteiger partial charge in [-0.3, -0.25) is 0 Å². The van der Waals surface area contributed by atoms with E-state index in [0.29, 0.717) is 24.0 Å². The van der Waals surface area contributed by atoms with Crippen LogP contribution in [0, 0.1) is 13.8 Å². The molecule has 6 heteroatoms. The third-order valence-electron chi connectivity index (χ3n) is 4.22. The number of methoxy groups -OCH3 is 2. The maximum absolute atomic E-state index is 5.34. The number of nitrogens with zero attached hydrogens (tertiary/aromatic N) is 2. The first kappa shape index (κ1) is 18.5. The van der Waals surface area contributed by atoms with Crippen LogP contribution in [0.5, 0.6) is 11.5 Å². The summed E-state index contributed by atoms with van der Waals surface area (Å²) in [4.78, 5) is 9.03. The molecule has 1 aromatic heterocycles. The van der Waals surface area contributed by atoms with Gasteiger partial charge < -0.3 is 20.1 Å². The van der Waals surface area contributed by atoms with E-state index in [1.165, 1.54) is 11.1 Å². The Balaban J connectivity index is 1.76. The van der Waals surface area contributed by atoms with Crippen LogP contribution in [0.4, 0.5) is 17.5 Å². The normalized spacial score (nSPS) is 10.4. The van der Waals surface area contributed by atoms with Gasteiger partial charge in [0.1, 0.15) is 5.82 Å². The molecule has 0 aliphatic carbocycles. The van der Waals surface area contributed by atoms with Crippen LogP contribution < -0.4 is 20.1 Å². The molecule has 0 saturated heterocycles. The van der Waals surface area contributed by atoms with Crippen LogP contribution in [0.1, 0.15) is 16.8 Å². The Labute approximate surface area is 159 Å². The summed E-state index contributed by atoms with van der Waals surface area (Å²) in [5.74, 6) is 2.62. The van der Waals surface area contributed by atoms with E-state index in [1.807, 2.05) is 43.3 Å². The summed E-state index contributed by atoms with van der Waals surface area (Å²) in [6.07, 6.45) is 0. The molecule has 0 bridgehead atoms. The lowest BCUT2D eigenvalue weighted by Gasteiger charge is -2.13. The van der Waals surface area contributed by atoms with Gasteiger partial charge in [0.25, 0.3) is 0 Å². The van der Waals surface area contributed by atoms with Crippen LogP contribution in [0.15, 0.2) is 48.5 Å². The fourth-order valence-electron chi connectivity index (χ4n) is 2.75. The number of rotatable bonds is 7. The molecule has 0 fully saturated rings. The van der Waals surface area contributed by atoms with E-state index in [0.717, 1.165) is 17.2 Å². The number of aromatic nitrogens is 2. The van der Waals surface area contributed by atoms with Gasteiger partial charge in [-0.2, -0.15) is 4.98 Å². The predicted octanol–water partition coefficient (Wildman–Crippen LogP) is 4.47. The van der Waals surface area contributed by atoms with Gasteiger partial charge in [0.05, 0.1) is 14.2 Å². The summed E-state index contributed by atoms with van der Waals surface area (Å²) in [6, 6.07) is 15.8. The van der Waals surface area contributed by atoms with Gasteiger partial charge in [-0.15, -0.1) is 0 Å². The number of hydrogen-bond donors (Lipinski definition) is 2. The first-order chi connectivity index (χ1) is 13.1. The van der Waals surface area contributed by atoms with Gasteiger partial charge in [0.15, 0.2) is 11.5 Å². The quantitative estimate of drug-likeness (QED) is 0.645. The molecule has 3 rings (SSSR count). The summed E-state index contributed by atoms with van der Waals surface area (Å²) in [5, 5.41) is 6.60. The summed E-state index contributed by atoms with van der Waals surface area (Å²) in [6.45, 7) is 4.76. The van der Waals surface area contributed by atoms with E-state index < -0.39 is 0 Å². The van der Waals surface area contributed by atoms with Crippen LogP contribution in [0.3, 0.4) is 0 Å². The summed E-state index contributed by atoms with van der Waals surface area (Å²) in [7, 11) is 3.22. The molecule has 3 aromatic rings. The number of aryl methyl sites for hydroxylation is 2. The molecular weight excluding hydrogens is 340 g/mol. The highest BCUT2D eigenvalue weighted by atomic mass is 16.5. The minimum absolute atomic E-state index is 0.523. The van der Waals surface area contributed by atoms with Crippen molar-refractivity contribution >= 4 is 17.5 Å². The zero-order valence-electron chi connectivity index (χ0n) is 16.0. The molecule has 27 heavy (non-hydrogen) atoms. The highest BCUT2D eigenvalue weighted by molar-refractivity contribution is 5.60. The molecule has 0 unspecified atom stereocenters. The van der Waals surface area contributed by atoms with Gasteiger partial charge in [-0.05, 0) is 37.1 Å². The van der Waals surface area contributed by atoms with Gasteiger partial charge in [0, 0.05) is 30.1 Å². The monoisotopic (exact) mass is 364 g/mol. The molecule has 0 spiro atoms. The lowest BCUT2D eigenvalue weighted by Crippen LogP contribution is -2.06. The smallest absolute Gasteiger partial charge is 0.229 e. The zero-order chi connectivity index (χ0) is 19.2. The number of hydrogen-bond acceptors (Lipinski definition) is 6. The Hall–Kier alpha value is -3.28. The molecule has 6 nitrogen and oxygen atoms in total. The summed E-state index contributed by atoms with van der Waals surface area (Å²) < 4.78 is 10.6. The van der Waals surface area contributed by atoms with Crippen LogP contribution >= 0.6 is 0 Å². The Morgan fingerprint density at radius 3 is 2.41 bits per heavy atom. The Morgan fingerprint density at radius 1 is 0.889 bits per heavy atom. The maximum Gasteiger partial charge on any atom is 0.229 e. The van der Waals surface area contributed by atoms with E-state index in [9.17, 15) is 0 Å². The lowest BCUT2D eigenvalue weighted by molar-refractivity contribution is 0.355. The molecule has 2 N–H and O–H groups in total. The van der Waals surface area contributed by atoms with Crippen LogP contribution in [0.2, 0.25) is 0 Å². The Kier molecular flexibility index (Phi) is 5.76. The first-order valence-corrected chi connectivity index (χ1v) is 8.72. The third-order valence-corrected chi connectivity index (χ3v) is 4.22. The Bertz CT molecular complexity index is 928. The van der Waals surface area contributed by atoms with E-state index in [4.69, 9.17) is 9.47 Å². The van der Waals surface area contributed by atoms with Gasteiger partial charge in [-0.25, -0.2) is 4.98 Å². The number of ether oxygens (including phenoxy) is 2. The average molecular weight is 364 g/mol. The Morgan fingerprint density at radius 2 is 1.67 bits per heavy atom.